The standard InChI is InChI=1S/C23H26N8O4.C9H15F.C2H6/c1-15-18(26-17(20(15)35-30-29-24)13-31(4)14-25-11-8-12-32)19(33)21-27-28-22(34-21)23(2,3)16-9-6-5-7-10-16;1-4-9(10)7-5-6-8(2)3;1-2/h5-12,14-15,18,26H,13H2,1-4H3;6-7H,4-5H2,1-3H3;1-2H3/b11-8-,25-14?;9-7+;. The SMILES string of the molecule is CC.CC/C(F)=C\CC=C(C)C.CC1C(ON=[N+]=[N-])=C(CN(C)C=N/C=C\C=O)NC1C(=O)c1nnc(C(C)(C)c2ccccc2)o1. The topological polar surface area (TPSA) is 159 Å². The highest BCUT2D eigenvalue weighted by Gasteiger charge is 2.41. The van der Waals surface area contributed by atoms with E-state index in [0.717, 1.165) is 12.0 Å². The maximum absolute atomic E-state index is 13.3. The zero-order chi connectivity index (χ0) is 35.4. The van der Waals surface area contributed by atoms with Gasteiger partial charge in [0.05, 0.1) is 29.8 Å². The van der Waals surface area contributed by atoms with Gasteiger partial charge in [0.2, 0.25) is 11.7 Å². The van der Waals surface area contributed by atoms with E-state index in [0.29, 0.717) is 30.1 Å². The molecule has 0 fully saturated rings. The molecule has 12 nitrogen and oxygen atoms in total. The van der Waals surface area contributed by atoms with Crippen molar-refractivity contribution in [3.63, 3.8) is 0 Å². The van der Waals surface area contributed by atoms with Crippen LogP contribution in [0.15, 0.2) is 92.3 Å². The molecule has 1 aromatic heterocycles. The predicted octanol–water partition coefficient (Wildman–Crippen LogP) is 7.94. The van der Waals surface area contributed by atoms with Gasteiger partial charge >= 0.3 is 0 Å². The molecule has 0 bridgehead atoms. The second kappa shape index (κ2) is 20.9. The fourth-order valence-corrected chi connectivity index (χ4v) is 4.21. The van der Waals surface area contributed by atoms with Crippen LogP contribution in [0.3, 0.4) is 0 Å². The molecule has 1 aliphatic rings. The molecule has 0 radical (unpaired) electrons. The lowest BCUT2D eigenvalue weighted by Crippen LogP contribution is -2.38. The summed E-state index contributed by atoms with van der Waals surface area (Å²) in [5.74, 6) is -0.419. The molecule has 1 N–H and O–H groups in total. The lowest BCUT2D eigenvalue weighted by Gasteiger charge is -2.20. The summed E-state index contributed by atoms with van der Waals surface area (Å²) in [4.78, 5) is 37.2. The third-order valence-electron chi connectivity index (χ3n) is 6.79. The van der Waals surface area contributed by atoms with Gasteiger partial charge in [-0.25, -0.2) is 9.38 Å². The quantitative estimate of drug-likeness (QED) is 0.0206. The average molecular weight is 651 g/mol. The van der Waals surface area contributed by atoms with Gasteiger partial charge in [0.25, 0.3) is 5.89 Å². The fraction of sp³-hybridized carbons (Fsp3) is 0.441. The van der Waals surface area contributed by atoms with Crippen LogP contribution in [-0.2, 0) is 15.0 Å². The van der Waals surface area contributed by atoms with E-state index in [1.165, 1.54) is 24.2 Å². The van der Waals surface area contributed by atoms with Crippen molar-refractivity contribution in [2.75, 3.05) is 13.6 Å². The molecule has 2 atom stereocenters. The number of nitrogens with one attached hydrogen (secondary N) is 1. The van der Waals surface area contributed by atoms with Crippen molar-refractivity contribution in [2.45, 2.75) is 79.7 Å². The van der Waals surface area contributed by atoms with Gasteiger partial charge in [-0.3, -0.25) is 9.59 Å². The Morgan fingerprint density at radius 3 is 2.49 bits per heavy atom. The minimum absolute atomic E-state index is 0.0162. The summed E-state index contributed by atoms with van der Waals surface area (Å²) in [6, 6.07) is 8.89. The van der Waals surface area contributed by atoms with Crippen LogP contribution in [0.1, 0.15) is 90.4 Å². The van der Waals surface area contributed by atoms with Gasteiger partial charge in [0, 0.05) is 24.1 Å². The molecule has 254 valence electrons. The Balaban J connectivity index is 0.000000787. The van der Waals surface area contributed by atoms with Crippen molar-refractivity contribution < 1.29 is 23.2 Å². The average Bonchev–Trinajstić information content (AvgIpc) is 3.69. The smallest absolute Gasteiger partial charge is 0.286 e. The highest BCUT2D eigenvalue weighted by Crippen LogP contribution is 2.32. The third kappa shape index (κ3) is 12.7. The molecular formula is C34H47FN8O4. The van der Waals surface area contributed by atoms with Crippen LogP contribution in [0.25, 0.3) is 10.4 Å². The summed E-state index contributed by atoms with van der Waals surface area (Å²) in [6.07, 6.45) is 9.57. The number of halogens is 1. The number of aliphatic imine (C=N–C) groups is 1. The normalized spacial score (nSPS) is 15.9. The lowest BCUT2D eigenvalue weighted by molar-refractivity contribution is -0.104. The van der Waals surface area contributed by atoms with Crippen molar-refractivity contribution >= 4 is 18.4 Å². The zero-order valence-electron chi connectivity index (χ0n) is 28.8. The van der Waals surface area contributed by atoms with Crippen LogP contribution in [-0.4, -0.2) is 53.1 Å². The molecule has 3 rings (SSSR count). The first-order valence-corrected chi connectivity index (χ1v) is 15.4. The van der Waals surface area contributed by atoms with Gasteiger partial charge in [-0.1, -0.05) is 69.7 Å². The first-order valence-electron chi connectivity index (χ1n) is 15.4. The number of ketones is 1. The molecule has 1 aliphatic heterocycles. The second-order valence-corrected chi connectivity index (χ2v) is 11.0. The van der Waals surface area contributed by atoms with E-state index in [2.05, 4.69) is 30.7 Å². The minimum atomic E-state index is -0.776. The molecule has 13 heteroatoms. The summed E-state index contributed by atoms with van der Waals surface area (Å²) in [6.45, 7) is 15.7. The summed E-state index contributed by atoms with van der Waals surface area (Å²) >= 11 is 0. The number of carbonyl (C=O) groups excluding carboxylic acids is 2. The number of hydrogen-bond donors (Lipinski definition) is 1. The monoisotopic (exact) mass is 650 g/mol. The molecule has 2 unspecified atom stereocenters. The summed E-state index contributed by atoms with van der Waals surface area (Å²) in [5, 5.41) is 14.5. The number of rotatable bonds is 14. The summed E-state index contributed by atoms with van der Waals surface area (Å²) < 4.78 is 18.2. The van der Waals surface area contributed by atoms with Gasteiger partial charge in [0.1, 0.15) is 23.4 Å². The molecule has 0 spiro atoms. The van der Waals surface area contributed by atoms with Gasteiger partial charge in [-0.15, -0.1) is 10.2 Å². The van der Waals surface area contributed by atoms with Crippen LogP contribution in [0.4, 0.5) is 4.39 Å². The van der Waals surface area contributed by atoms with Crippen LogP contribution in [0.5, 0.6) is 0 Å². The second-order valence-electron chi connectivity index (χ2n) is 11.0. The highest BCUT2D eigenvalue weighted by atomic mass is 19.1. The van der Waals surface area contributed by atoms with Gasteiger partial charge < -0.3 is 19.5 Å². The zero-order valence-corrected chi connectivity index (χ0v) is 28.8. The molecule has 2 aromatic rings. The van der Waals surface area contributed by atoms with E-state index in [1.807, 2.05) is 84.9 Å². The third-order valence-corrected chi connectivity index (χ3v) is 6.79. The molecule has 0 saturated carbocycles. The largest absolute Gasteiger partial charge is 0.417 e. The fourth-order valence-electron chi connectivity index (χ4n) is 4.21. The van der Waals surface area contributed by atoms with E-state index in [1.54, 1.807) is 24.9 Å². The number of aldehydes is 1. The van der Waals surface area contributed by atoms with Gasteiger partial charge in [-0.2, -0.15) is 0 Å². The van der Waals surface area contributed by atoms with Crippen LogP contribution < -0.4 is 5.32 Å². The Hall–Kier alpha value is -5.03. The number of allylic oxidation sites excluding steroid dienone is 5. The maximum Gasteiger partial charge on any atom is 0.286 e. The number of azide groups is 1. The maximum atomic E-state index is 13.3. The number of nitrogens with zero attached hydrogens (tertiary/aromatic N) is 7. The van der Waals surface area contributed by atoms with E-state index in [9.17, 15) is 14.0 Å². The molecule has 0 amide bonds. The summed E-state index contributed by atoms with van der Waals surface area (Å²) in [7, 11) is 1.74. The van der Waals surface area contributed by atoms with Crippen molar-refractivity contribution in [3.05, 3.63) is 105 Å². The number of aromatic nitrogens is 2. The van der Waals surface area contributed by atoms with Crippen molar-refractivity contribution in [1.82, 2.24) is 20.4 Å². The van der Waals surface area contributed by atoms with Gasteiger partial charge in [0.15, 0.2) is 0 Å². The number of carbonyl (C=O) groups is 2. The van der Waals surface area contributed by atoms with E-state index in [4.69, 9.17) is 14.8 Å². The van der Waals surface area contributed by atoms with E-state index in [-0.39, 0.29) is 18.3 Å². The van der Waals surface area contributed by atoms with Crippen molar-refractivity contribution in [3.8, 4) is 0 Å². The van der Waals surface area contributed by atoms with Crippen LogP contribution >= 0.6 is 0 Å². The molecule has 0 saturated heterocycles. The first-order chi connectivity index (χ1) is 22.5. The van der Waals surface area contributed by atoms with Crippen LogP contribution in [0, 0.1) is 5.92 Å². The number of benzene rings is 1. The Morgan fingerprint density at radius 1 is 1.21 bits per heavy atom. The van der Waals surface area contributed by atoms with E-state index >= 15 is 0 Å². The summed E-state index contributed by atoms with van der Waals surface area (Å²) in [5.41, 5.74) is 10.8. The molecule has 47 heavy (non-hydrogen) atoms. The Labute approximate surface area is 276 Å². The van der Waals surface area contributed by atoms with Crippen molar-refractivity contribution in [2.24, 2.45) is 16.2 Å². The predicted molar refractivity (Wildman–Crippen MR) is 182 cm³/mol. The Morgan fingerprint density at radius 2 is 1.89 bits per heavy atom. The molecule has 2 heterocycles. The Kier molecular flexibility index (Phi) is 17.8. The molecular weight excluding hydrogens is 603 g/mol. The highest BCUT2D eigenvalue weighted by molar-refractivity contribution is 5.97. The van der Waals surface area contributed by atoms with Crippen molar-refractivity contribution in [1.29, 1.82) is 0 Å². The van der Waals surface area contributed by atoms with E-state index < -0.39 is 23.2 Å². The first kappa shape index (κ1) is 40.0. The number of likely N-dealkylation sites (N-methyl/N-ethyl adjacent to an activating group) is 1. The Bertz CT molecular complexity index is 1480. The lowest BCUT2D eigenvalue weighted by atomic mass is 9.85. The van der Waals surface area contributed by atoms with Crippen LogP contribution in [0.2, 0.25) is 0 Å². The minimum Gasteiger partial charge on any atom is -0.417 e. The molecule has 0 aliphatic carbocycles. The number of Topliss-reactive ketones (excluding diaryl/α,β-unsaturated/α-hetero) is 1. The van der Waals surface area contributed by atoms with Gasteiger partial charge in [-0.05, 0) is 63.8 Å². The molecule has 1 aromatic carbocycles. The number of hydrogen-bond acceptors (Lipinski definition) is 9.